The smallest absolute Gasteiger partial charge is 0.418 e. The summed E-state index contributed by atoms with van der Waals surface area (Å²) in [4.78, 5) is 0. The molecule has 0 aromatic heterocycles. The van der Waals surface area contributed by atoms with Gasteiger partial charge in [0.1, 0.15) is 0 Å². The zero-order valence-corrected chi connectivity index (χ0v) is 8.78. The van der Waals surface area contributed by atoms with E-state index in [0.29, 0.717) is 0 Å². The minimum Gasteiger partial charge on any atom is -0.418 e. The summed E-state index contributed by atoms with van der Waals surface area (Å²) in [6, 6.07) is 0. The maximum atomic E-state index is 9.75. The Morgan fingerprint density at radius 2 is 1.21 bits per heavy atom. The molecule has 1 nitrogen and oxygen atoms in total. The minimum absolute atomic E-state index is 1.34. The first-order valence-electron chi connectivity index (χ1n) is 5.05. The molecule has 0 saturated carbocycles. The van der Waals surface area contributed by atoms with Gasteiger partial charge in [-0.3, -0.25) is 0 Å². The van der Waals surface area contributed by atoms with Crippen LogP contribution in [-0.2, 0) is 0 Å². The minimum atomic E-state index is -6.00. The Morgan fingerprint density at radius 3 is 1.36 bits per heavy atom. The molecule has 0 atom stereocenters. The average Bonchev–Trinajstić information content (AvgIpc) is 2.50. The first-order valence-corrected chi connectivity index (χ1v) is 5.05. The second kappa shape index (κ2) is 5.58. The van der Waals surface area contributed by atoms with Crippen molar-refractivity contribution in [1.29, 1.82) is 0 Å². The molecule has 0 spiro atoms. The van der Waals surface area contributed by atoms with Gasteiger partial charge in [0, 0.05) is 12.8 Å². The van der Waals surface area contributed by atoms with Crippen LogP contribution in [0.25, 0.3) is 0 Å². The third-order valence-electron chi connectivity index (χ3n) is 2.86. The predicted molar refractivity (Wildman–Crippen MR) is 50.5 cm³/mol. The molecule has 0 unspecified atom stereocenters. The highest BCUT2D eigenvalue weighted by molar-refractivity contribution is 6.50. The molecule has 1 fully saturated rings. The summed E-state index contributed by atoms with van der Waals surface area (Å²) >= 11 is 0. The molecule has 1 aliphatic rings. The Balaban J connectivity index is 0.000000292. The fraction of sp³-hybridized carbons (Fsp3) is 1.00. The summed E-state index contributed by atoms with van der Waals surface area (Å²) in [6.45, 7) is 10.2. The fourth-order valence-corrected chi connectivity index (χ4v) is 1.86. The molecular weight excluding hydrogens is 197 g/mol. The molecule has 0 aromatic carbocycles. The largest absolute Gasteiger partial charge is 0.673 e. The van der Waals surface area contributed by atoms with Gasteiger partial charge in [-0.1, -0.05) is 0 Å². The number of hydrogen-bond donors (Lipinski definition) is 0. The lowest BCUT2D eigenvalue weighted by atomic mass is 10.3. The number of halogens is 4. The first-order chi connectivity index (χ1) is 6.33. The summed E-state index contributed by atoms with van der Waals surface area (Å²) in [6.07, 6.45) is 2.92. The van der Waals surface area contributed by atoms with Gasteiger partial charge in [0.2, 0.25) is 0 Å². The van der Waals surface area contributed by atoms with Crippen molar-refractivity contribution >= 4 is 7.25 Å². The number of likely N-dealkylation sites (tertiary alicyclic amines) is 1. The van der Waals surface area contributed by atoms with Gasteiger partial charge in [-0.15, -0.1) is 0 Å². The standard InChI is InChI=1S/C8H18N.BF4/c1-3-9(4-2)7-5-6-8-9;2-1(3,4)5/h3-8H2,1-2H3;/q+1;-1. The highest BCUT2D eigenvalue weighted by atomic mass is 19.5. The van der Waals surface area contributed by atoms with E-state index in [-0.39, 0.29) is 0 Å². The number of nitrogens with zero attached hydrogens (tertiary/aromatic N) is 1. The second-order valence-corrected chi connectivity index (χ2v) is 3.62. The van der Waals surface area contributed by atoms with E-state index in [1.54, 1.807) is 0 Å². The molecular formula is C8H18BF4N. The SMILES string of the molecule is CC[N+]1(CC)CCCC1.F[B-](F)(F)F. The molecule has 0 N–H and O–H groups in total. The molecule has 1 aliphatic heterocycles. The van der Waals surface area contributed by atoms with Crippen molar-refractivity contribution < 1.29 is 21.7 Å². The maximum Gasteiger partial charge on any atom is 0.673 e. The average molecular weight is 215 g/mol. The monoisotopic (exact) mass is 215 g/mol. The Labute approximate surface area is 82.8 Å². The van der Waals surface area contributed by atoms with Crippen molar-refractivity contribution in [3.8, 4) is 0 Å². The third-order valence-corrected chi connectivity index (χ3v) is 2.86. The summed E-state index contributed by atoms with van der Waals surface area (Å²) in [7, 11) is -6.00. The normalized spacial score (nSPS) is 20.1. The van der Waals surface area contributed by atoms with E-state index in [2.05, 4.69) is 13.8 Å². The molecule has 86 valence electrons. The van der Waals surface area contributed by atoms with E-state index in [4.69, 9.17) is 0 Å². The summed E-state index contributed by atoms with van der Waals surface area (Å²) in [5.74, 6) is 0. The van der Waals surface area contributed by atoms with Crippen molar-refractivity contribution in [1.82, 2.24) is 0 Å². The van der Waals surface area contributed by atoms with Crippen LogP contribution >= 0.6 is 0 Å². The molecule has 0 aromatic rings. The van der Waals surface area contributed by atoms with E-state index < -0.39 is 7.25 Å². The molecule has 1 heterocycles. The molecule has 0 amide bonds. The van der Waals surface area contributed by atoms with Gasteiger partial charge in [-0.05, 0) is 13.8 Å². The summed E-state index contributed by atoms with van der Waals surface area (Å²) in [5, 5.41) is 0. The van der Waals surface area contributed by atoms with Crippen LogP contribution in [0.2, 0.25) is 0 Å². The van der Waals surface area contributed by atoms with Crippen molar-refractivity contribution in [3.05, 3.63) is 0 Å². The van der Waals surface area contributed by atoms with E-state index in [0.717, 1.165) is 0 Å². The van der Waals surface area contributed by atoms with Crippen LogP contribution in [0.15, 0.2) is 0 Å². The topological polar surface area (TPSA) is 0 Å². The first kappa shape index (κ1) is 13.7. The Hall–Kier alpha value is -0.255. The van der Waals surface area contributed by atoms with Crippen LogP contribution in [0, 0.1) is 0 Å². The summed E-state index contributed by atoms with van der Waals surface area (Å²) in [5.41, 5.74) is 0. The van der Waals surface area contributed by atoms with Gasteiger partial charge < -0.3 is 21.7 Å². The van der Waals surface area contributed by atoms with Gasteiger partial charge in [-0.2, -0.15) is 0 Å². The van der Waals surface area contributed by atoms with Crippen molar-refractivity contribution in [2.45, 2.75) is 26.7 Å². The predicted octanol–water partition coefficient (Wildman–Crippen LogP) is 2.94. The van der Waals surface area contributed by atoms with Crippen molar-refractivity contribution in [2.24, 2.45) is 0 Å². The van der Waals surface area contributed by atoms with Crippen LogP contribution < -0.4 is 0 Å². The van der Waals surface area contributed by atoms with Gasteiger partial charge >= 0.3 is 7.25 Å². The van der Waals surface area contributed by atoms with Crippen LogP contribution in [0.4, 0.5) is 17.3 Å². The zero-order valence-electron chi connectivity index (χ0n) is 8.78. The third kappa shape index (κ3) is 6.24. The Morgan fingerprint density at radius 1 is 0.929 bits per heavy atom. The molecule has 0 radical (unpaired) electrons. The van der Waals surface area contributed by atoms with E-state index in [1.165, 1.54) is 43.5 Å². The van der Waals surface area contributed by atoms with Crippen molar-refractivity contribution in [2.75, 3.05) is 26.2 Å². The number of quaternary nitrogens is 1. The fourth-order valence-electron chi connectivity index (χ4n) is 1.86. The molecule has 0 bridgehead atoms. The highest BCUT2D eigenvalue weighted by Crippen LogP contribution is 2.17. The van der Waals surface area contributed by atoms with Crippen LogP contribution in [0.3, 0.4) is 0 Å². The maximum absolute atomic E-state index is 9.75. The Bertz CT molecular complexity index is 142. The summed E-state index contributed by atoms with van der Waals surface area (Å²) < 4.78 is 40.4. The van der Waals surface area contributed by atoms with E-state index >= 15 is 0 Å². The van der Waals surface area contributed by atoms with E-state index in [1.807, 2.05) is 0 Å². The highest BCUT2D eigenvalue weighted by Gasteiger charge is 2.27. The van der Waals surface area contributed by atoms with Crippen LogP contribution in [-0.4, -0.2) is 37.9 Å². The zero-order chi connectivity index (χ0) is 11.2. The van der Waals surface area contributed by atoms with Crippen LogP contribution in [0.1, 0.15) is 26.7 Å². The molecule has 6 heteroatoms. The molecule has 1 rings (SSSR count). The quantitative estimate of drug-likeness (QED) is 0.377. The van der Waals surface area contributed by atoms with Gasteiger partial charge in [-0.25, -0.2) is 0 Å². The molecule has 1 saturated heterocycles. The lowest BCUT2D eigenvalue weighted by molar-refractivity contribution is -0.913. The Kier molecular flexibility index (Phi) is 5.48. The second-order valence-electron chi connectivity index (χ2n) is 3.62. The number of hydrogen-bond acceptors (Lipinski definition) is 0. The van der Waals surface area contributed by atoms with Gasteiger partial charge in [0.15, 0.2) is 0 Å². The molecule has 0 aliphatic carbocycles. The lowest BCUT2D eigenvalue weighted by Crippen LogP contribution is -2.44. The van der Waals surface area contributed by atoms with Gasteiger partial charge in [0.25, 0.3) is 0 Å². The van der Waals surface area contributed by atoms with Gasteiger partial charge in [0.05, 0.1) is 26.2 Å². The lowest BCUT2D eigenvalue weighted by Gasteiger charge is -2.31. The van der Waals surface area contributed by atoms with Crippen LogP contribution in [0.5, 0.6) is 0 Å². The van der Waals surface area contributed by atoms with E-state index in [9.17, 15) is 17.3 Å². The van der Waals surface area contributed by atoms with Crippen molar-refractivity contribution in [3.63, 3.8) is 0 Å². The number of rotatable bonds is 2. The molecule has 14 heavy (non-hydrogen) atoms.